The summed E-state index contributed by atoms with van der Waals surface area (Å²) in [5.41, 5.74) is 6.64. The highest BCUT2D eigenvalue weighted by Gasteiger charge is 2.37. The van der Waals surface area contributed by atoms with E-state index < -0.39 is 0 Å². The van der Waals surface area contributed by atoms with Crippen molar-refractivity contribution in [2.45, 2.75) is 25.2 Å². The predicted octanol–water partition coefficient (Wildman–Crippen LogP) is 5.12. The predicted molar refractivity (Wildman–Crippen MR) is 106 cm³/mol. The molecule has 0 spiro atoms. The molecule has 0 aliphatic carbocycles. The Morgan fingerprint density at radius 1 is 1.12 bits per heavy atom. The zero-order chi connectivity index (χ0) is 17.0. The van der Waals surface area contributed by atoms with E-state index in [1.54, 1.807) is 0 Å². The van der Waals surface area contributed by atoms with Gasteiger partial charge in [-0.3, -0.25) is 0 Å². The minimum absolute atomic E-state index is 0.609. The zero-order valence-corrected chi connectivity index (χ0v) is 15.7. The van der Waals surface area contributed by atoms with E-state index in [0.717, 1.165) is 41.0 Å². The van der Waals surface area contributed by atoms with Crippen LogP contribution in [0.3, 0.4) is 0 Å². The third kappa shape index (κ3) is 2.58. The van der Waals surface area contributed by atoms with Crippen molar-refractivity contribution in [2.24, 2.45) is 5.92 Å². The third-order valence-corrected chi connectivity index (χ3v) is 6.77. The van der Waals surface area contributed by atoms with Crippen LogP contribution in [0.15, 0.2) is 30.3 Å². The van der Waals surface area contributed by atoms with Gasteiger partial charge in [-0.1, -0.05) is 29.3 Å². The van der Waals surface area contributed by atoms with Gasteiger partial charge in [0.25, 0.3) is 0 Å². The number of fused-ring (bicyclic) bond motifs is 2. The van der Waals surface area contributed by atoms with Crippen LogP contribution in [0.1, 0.15) is 29.9 Å². The van der Waals surface area contributed by atoms with Crippen molar-refractivity contribution >= 4 is 28.9 Å². The fourth-order valence-electron chi connectivity index (χ4n) is 5.03. The number of nitrogens with one attached hydrogen (secondary N) is 1. The molecular formula is C21H22Cl2N2. The summed E-state index contributed by atoms with van der Waals surface area (Å²) in [7, 11) is 0. The molecule has 3 aliphatic heterocycles. The van der Waals surface area contributed by atoms with Crippen LogP contribution in [0.4, 0.5) is 5.69 Å². The van der Waals surface area contributed by atoms with Gasteiger partial charge in [-0.25, -0.2) is 0 Å². The minimum Gasteiger partial charge on any atom is -0.371 e. The quantitative estimate of drug-likeness (QED) is 0.747. The van der Waals surface area contributed by atoms with Crippen LogP contribution >= 0.6 is 23.2 Å². The van der Waals surface area contributed by atoms with Crippen LogP contribution in [0, 0.1) is 5.92 Å². The molecule has 2 nitrogen and oxygen atoms in total. The Bertz CT molecular complexity index is 813. The molecule has 5 rings (SSSR count). The largest absolute Gasteiger partial charge is 0.371 e. The molecule has 1 fully saturated rings. The fourth-order valence-corrected chi connectivity index (χ4v) is 5.64. The van der Waals surface area contributed by atoms with Crippen molar-refractivity contribution in [2.75, 3.05) is 31.1 Å². The van der Waals surface area contributed by atoms with Crippen molar-refractivity contribution in [1.82, 2.24) is 5.32 Å². The zero-order valence-electron chi connectivity index (χ0n) is 14.2. The van der Waals surface area contributed by atoms with Crippen LogP contribution in [-0.2, 0) is 6.42 Å². The summed E-state index contributed by atoms with van der Waals surface area (Å²) >= 11 is 13.0. The molecule has 3 heterocycles. The Morgan fingerprint density at radius 2 is 1.96 bits per heavy atom. The monoisotopic (exact) mass is 372 g/mol. The molecule has 4 heteroatoms. The van der Waals surface area contributed by atoms with Crippen LogP contribution in [0.25, 0.3) is 11.1 Å². The number of anilines is 1. The average Bonchev–Trinajstić information content (AvgIpc) is 2.62. The maximum absolute atomic E-state index is 6.52. The molecule has 0 aromatic heterocycles. The van der Waals surface area contributed by atoms with E-state index in [-0.39, 0.29) is 0 Å². The Hall–Kier alpha value is -1.22. The highest BCUT2D eigenvalue weighted by molar-refractivity contribution is 6.39. The lowest BCUT2D eigenvalue weighted by Gasteiger charge is -2.46. The third-order valence-electron chi connectivity index (χ3n) is 6.14. The second kappa shape index (κ2) is 6.19. The molecule has 1 N–H and O–H groups in total. The first kappa shape index (κ1) is 16.0. The second-order valence-electron chi connectivity index (χ2n) is 7.58. The Kier molecular flexibility index (Phi) is 3.96. The molecule has 2 aromatic carbocycles. The lowest BCUT2D eigenvalue weighted by Crippen LogP contribution is -2.47. The number of piperidine rings is 1. The molecule has 2 atom stereocenters. The molecule has 130 valence electrons. The lowest BCUT2D eigenvalue weighted by molar-refractivity contribution is 0.309. The van der Waals surface area contributed by atoms with Gasteiger partial charge in [0.1, 0.15) is 0 Å². The van der Waals surface area contributed by atoms with Crippen LogP contribution in [0.5, 0.6) is 0 Å². The van der Waals surface area contributed by atoms with E-state index in [1.807, 2.05) is 18.2 Å². The number of nitrogens with zero attached hydrogens (tertiary/aromatic N) is 1. The molecule has 25 heavy (non-hydrogen) atoms. The maximum Gasteiger partial charge on any atom is 0.0499 e. The summed E-state index contributed by atoms with van der Waals surface area (Å²) in [6.07, 6.45) is 3.66. The maximum atomic E-state index is 6.52. The normalized spacial score (nSPS) is 24.6. The Balaban J connectivity index is 1.72. The van der Waals surface area contributed by atoms with Gasteiger partial charge in [-0.15, -0.1) is 0 Å². The first-order valence-corrected chi connectivity index (χ1v) is 10.0. The van der Waals surface area contributed by atoms with Crippen molar-refractivity contribution in [3.8, 4) is 11.1 Å². The van der Waals surface area contributed by atoms with E-state index in [4.69, 9.17) is 23.2 Å². The molecule has 0 unspecified atom stereocenters. The van der Waals surface area contributed by atoms with Crippen molar-refractivity contribution in [3.05, 3.63) is 51.5 Å². The Labute approximate surface area is 159 Å². The summed E-state index contributed by atoms with van der Waals surface area (Å²) in [6.45, 7) is 4.65. The van der Waals surface area contributed by atoms with E-state index in [2.05, 4.69) is 22.3 Å². The van der Waals surface area contributed by atoms with E-state index in [9.17, 15) is 0 Å². The highest BCUT2D eigenvalue weighted by Crippen LogP contribution is 2.48. The van der Waals surface area contributed by atoms with Gasteiger partial charge in [0.15, 0.2) is 0 Å². The summed E-state index contributed by atoms with van der Waals surface area (Å²) in [5, 5.41) is 5.08. The molecule has 1 saturated heterocycles. The fraction of sp³-hybridized carbons (Fsp3) is 0.429. The number of aryl methyl sites for hydroxylation is 1. The van der Waals surface area contributed by atoms with Gasteiger partial charge in [-0.05, 0) is 72.7 Å². The molecular weight excluding hydrogens is 351 g/mol. The molecule has 0 saturated carbocycles. The van der Waals surface area contributed by atoms with Gasteiger partial charge in [0.2, 0.25) is 0 Å². The van der Waals surface area contributed by atoms with Crippen molar-refractivity contribution < 1.29 is 0 Å². The first-order valence-electron chi connectivity index (χ1n) is 9.29. The number of halogens is 2. The van der Waals surface area contributed by atoms with Crippen molar-refractivity contribution in [1.29, 1.82) is 0 Å². The summed E-state index contributed by atoms with van der Waals surface area (Å²) in [5.74, 6) is 1.37. The summed E-state index contributed by atoms with van der Waals surface area (Å²) < 4.78 is 0. The number of hydrogen-bond acceptors (Lipinski definition) is 2. The van der Waals surface area contributed by atoms with Gasteiger partial charge in [-0.2, -0.15) is 0 Å². The van der Waals surface area contributed by atoms with Gasteiger partial charge >= 0.3 is 0 Å². The SMILES string of the molecule is Clc1cccc(Cl)c1-c1cc2c3c(c1)[C@H]1CNCC[C@H]1CN3CCC2. The molecule has 0 amide bonds. The van der Waals surface area contributed by atoms with E-state index in [1.165, 1.54) is 48.3 Å². The van der Waals surface area contributed by atoms with Gasteiger partial charge in [0.05, 0.1) is 0 Å². The van der Waals surface area contributed by atoms with Gasteiger partial charge < -0.3 is 10.2 Å². The topological polar surface area (TPSA) is 15.3 Å². The number of rotatable bonds is 1. The van der Waals surface area contributed by atoms with Crippen molar-refractivity contribution in [3.63, 3.8) is 0 Å². The standard InChI is InChI=1S/C21H22Cl2N2/c22-18-4-1-5-19(23)20(18)15-9-13-3-2-8-25-12-14-6-7-24-11-17(14)16(10-15)21(13)25/h1,4-5,9-10,14,17,24H,2-3,6-8,11-12H2/t14-,17-/m0/s1. The highest BCUT2D eigenvalue weighted by atomic mass is 35.5. The Morgan fingerprint density at radius 3 is 2.80 bits per heavy atom. The van der Waals surface area contributed by atoms with Gasteiger partial charge in [0, 0.05) is 46.8 Å². The lowest BCUT2D eigenvalue weighted by atomic mass is 9.74. The molecule has 3 aliphatic rings. The van der Waals surface area contributed by atoms with E-state index in [0.29, 0.717) is 5.92 Å². The molecule has 0 radical (unpaired) electrons. The number of benzene rings is 2. The second-order valence-corrected chi connectivity index (χ2v) is 8.39. The van der Waals surface area contributed by atoms with Crippen LogP contribution < -0.4 is 10.2 Å². The summed E-state index contributed by atoms with van der Waals surface area (Å²) in [6, 6.07) is 10.5. The van der Waals surface area contributed by atoms with E-state index >= 15 is 0 Å². The summed E-state index contributed by atoms with van der Waals surface area (Å²) in [4.78, 5) is 2.64. The average molecular weight is 373 g/mol. The number of hydrogen-bond donors (Lipinski definition) is 1. The van der Waals surface area contributed by atoms with Crippen LogP contribution in [0.2, 0.25) is 10.0 Å². The minimum atomic E-state index is 0.609. The first-order chi connectivity index (χ1) is 12.2. The smallest absolute Gasteiger partial charge is 0.0499 e. The van der Waals surface area contributed by atoms with Crippen LogP contribution in [-0.4, -0.2) is 26.2 Å². The molecule has 2 aromatic rings. The molecule has 0 bridgehead atoms.